The summed E-state index contributed by atoms with van der Waals surface area (Å²) >= 11 is 0. The zero-order valence-electron chi connectivity index (χ0n) is 10.1. The Balaban J connectivity index is 2.80. The van der Waals surface area contributed by atoms with E-state index in [-0.39, 0.29) is 5.54 Å². The number of nitrogens with one attached hydrogen (secondary N) is 1. The molecule has 0 bridgehead atoms. The summed E-state index contributed by atoms with van der Waals surface area (Å²) in [5, 5.41) is 13.1. The molecule has 1 aromatic rings. The number of hydrogen-bond donors (Lipinski definition) is 2. The Bertz CT molecular complexity index is 331. The predicted molar refractivity (Wildman–Crippen MR) is 65.5 cm³/mol. The van der Waals surface area contributed by atoms with Gasteiger partial charge in [-0.3, -0.25) is 0 Å². The maximum atomic E-state index is 9.76. The number of benzene rings is 1. The summed E-state index contributed by atoms with van der Waals surface area (Å²) < 4.78 is 0. The largest absolute Gasteiger partial charge is 0.506 e. The van der Waals surface area contributed by atoms with Gasteiger partial charge in [0.25, 0.3) is 0 Å². The third kappa shape index (κ3) is 3.46. The third-order valence-corrected chi connectivity index (χ3v) is 2.50. The molecule has 0 saturated carbocycles. The number of phenolic OH excluding ortho intramolecular Hbond substituents is 1. The van der Waals surface area contributed by atoms with Gasteiger partial charge in [0.05, 0.1) is 5.69 Å². The van der Waals surface area contributed by atoms with E-state index in [0.29, 0.717) is 5.75 Å². The molecule has 0 atom stereocenters. The summed E-state index contributed by atoms with van der Waals surface area (Å²) in [6.45, 7) is 8.44. The first kappa shape index (κ1) is 11.9. The summed E-state index contributed by atoms with van der Waals surface area (Å²) in [5.74, 6) is 0.333. The molecule has 2 N–H and O–H groups in total. The van der Waals surface area contributed by atoms with E-state index in [2.05, 4.69) is 26.1 Å². The molecule has 0 fully saturated rings. The van der Waals surface area contributed by atoms with Gasteiger partial charge < -0.3 is 10.4 Å². The Hall–Kier alpha value is -1.18. The molecule has 15 heavy (non-hydrogen) atoms. The Labute approximate surface area is 92.3 Å². The van der Waals surface area contributed by atoms with Crippen molar-refractivity contribution in [2.24, 2.45) is 0 Å². The second-order valence-electron chi connectivity index (χ2n) is 4.78. The lowest BCUT2D eigenvalue weighted by Crippen LogP contribution is -2.30. The fraction of sp³-hybridized carbons (Fsp3) is 0.538. The van der Waals surface area contributed by atoms with E-state index >= 15 is 0 Å². The molecule has 1 aromatic carbocycles. The zero-order valence-corrected chi connectivity index (χ0v) is 10.1. The topological polar surface area (TPSA) is 32.3 Å². The van der Waals surface area contributed by atoms with Crippen LogP contribution in [0.25, 0.3) is 0 Å². The molecule has 0 radical (unpaired) electrons. The summed E-state index contributed by atoms with van der Waals surface area (Å²) in [7, 11) is 0. The Kier molecular flexibility index (Phi) is 3.61. The third-order valence-electron chi connectivity index (χ3n) is 2.50. The van der Waals surface area contributed by atoms with Gasteiger partial charge in [-0.2, -0.15) is 0 Å². The van der Waals surface area contributed by atoms with Gasteiger partial charge in [0.15, 0.2) is 0 Å². The van der Waals surface area contributed by atoms with Crippen LogP contribution in [0.2, 0.25) is 0 Å². The van der Waals surface area contributed by atoms with Crippen molar-refractivity contribution in [3.05, 3.63) is 23.8 Å². The second-order valence-corrected chi connectivity index (χ2v) is 4.78. The van der Waals surface area contributed by atoms with Gasteiger partial charge in [0.2, 0.25) is 0 Å². The summed E-state index contributed by atoms with van der Waals surface area (Å²) in [5.41, 5.74) is 1.92. The first-order valence-corrected chi connectivity index (χ1v) is 5.52. The molecule has 0 aliphatic carbocycles. The quantitative estimate of drug-likeness (QED) is 0.738. The maximum Gasteiger partial charge on any atom is 0.138 e. The van der Waals surface area contributed by atoms with Crippen LogP contribution in [0, 0.1) is 6.92 Å². The fourth-order valence-electron chi connectivity index (χ4n) is 1.80. The van der Waals surface area contributed by atoms with Crippen molar-refractivity contribution in [2.45, 2.75) is 46.1 Å². The first-order chi connectivity index (χ1) is 6.94. The molecule has 0 aliphatic rings. The predicted octanol–water partition coefficient (Wildman–Crippen LogP) is 3.69. The number of phenols is 1. The van der Waals surface area contributed by atoms with Gasteiger partial charge in [0.1, 0.15) is 5.75 Å². The van der Waals surface area contributed by atoms with Crippen LogP contribution in [0.5, 0.6) is 5.75 Å². The molecule has 84 valence electrons. The fourth-order valence-corrected chi connectivity index (χ4v) is 1.80. The molecule has 0 spiro atoms. The van der Waals surface area contributed by atoms with Gasteiger partial charge in [-0.25, -0.2) is 0 Å². The van der Waals surface area contributed by atoms with Crippen molar-refractivity contribution in [2.75, 3.05) is 5.32 Å². The minimum Gasteiger partial charge on any atom is -0.506 e. The van der Waals surface area contributed by atoms with Crippen molar-refractivity contribution in [3.63, 3.8) is 0 Å². The average Bonchev–Trinajstić information content (AvgIpc) is 2.09. The Morgan fingerprint density at radius 3 is 2.53 bits per heavy atom. The molecule has 0 unspecified atom stereocenters. The molecular formula is C13H21NO. The molecule has 0 heterocycles. The molecule has 0 aliphatic heterocycles. The zero-order chi connectivity index (χ0) is 11.5. The molecule has 0 saturated heterocycles. The van der Waals surface area contributed by atoms with Crippen LogP contribution >= 0.6 is 0 Å². The molecule has 1 rings (SSSR count). The van der Waals surface area contributed by atoms with Gasteiger partial charge in [-0.15, -0.1) is 0 Å². The van der Waals surface area contributed by atoms with Crippen molar-refractivity contribution in [1.29, 1.82) is 0 Å². The van der Waals surface area contributed by atoms with Crippen molar-refractivity contribution in [3.8, 4) is 5.75 Å². The Morgan fingerprint density at radius 2 is 2.00 bits per heavy atom. The molecule has 2 heteroatoms. The lowest BCUT2D eigenvalue weighted by atomic mass is 9.98. The van der Waals surface area contributed by atoms with Crippen LogP contribution in [-0.2, 0) is 0 Å². The Morgan fingerprint density at radius 1 is 1.33 bits per heavy atom. The normalized spacial score (nSPS) is 11.5. The van der Waals surface area contributed by atoms with Crippen LogP contribution in [0.3, 0.4) is 0 Å². The van der Waals surface area contributed by atoms with E-state index in [0.717, 1.165) is 24.1 Å². The van der Waals surface area contributed by atoms with Gasteiger partial charge in [0, 0.05) is 5.54 Å². The van der Waals surface area contributed by atoms with Crippen LogP contribution in [0.15, 0.2) is 18.2 Å². The minimum atomic E-state index is 0.0293. The standard InChI is InChI=1S/C13H21NO/c1-5-8-13(3,4)14-11-7-6-10(2)9-12(11)15/h6-7,9,14-15H,5,8H2,1-4H3. The van der Waals surface area contributed by atoms with E-state index in [4.69, 9.17) is 0 Å². The van der Waals surface area contributed by atoms with E-state index in [1.807, 2.05) is 19.1 Å². The van der Waals surface area contributed by atoms with Gasteiger partial charge in [-0.1, -0.05) is 19.4 Å². The van der Waals surface area contributed by atoms with E-state index in [1.54, 1.807) is 6.07 Å². The van der Waals surface area contributed by atoms with Crippen LogP contribution in [-0.4, -0.2) is 10.6 Å². The molecule has 2 nitrogen and oxygen atoms in total. The van der Waals surface area contributed by atoms with Crippen molar-refractivity contribution >= 4 is 5.69 Å². The maximum absolute atomic E-state index is 9.76. The number of rotatable bonds is 4. The highest BCUT2D eigenvalue weighted by Gasteiger charge is 2.17. The number of hydrogen-bond acceptors (Lipinski definition) is 2. The van der Waals surface area contributed by atoms with Crippen LogP contribution in [0.4, 0.5) is 5.69 Å². The summed E-state index contributed by atoms with van der Waals surface area (Å²) in [4.78, 5) is 0. The lowest BCUT2D eigenvalue weighted by Gasteiger charge is -2.27. The lowest BCUT2D eigenvalue weighted by molar-refractivity contribution is 0.466. The van der Waals surface area contributed by atoms with Gasteiger partial charge >= 0.3 is 0 Å². The minimum absolute atomic E-state index is 0.0293. The second kappa shape index (κ2) is 4.56. The molecular weight excluding hydrogens is 186 g/mol. The highest BCUT2D eigenvalue weighted by Crippen LogP contribution is 2.28. The SMILES string of the molecule is CCCC(C)(C)Nc1ccc(C)cc1O. The number of aromatic hydroxyl groups is 1. The van der Waals surface area contributed by atoms with Crippen molar-refractivity contribution < 1.29 is 5.11 Å². The number of anilines is 1. The monoisotopic (exact) mass is 207 g/mol. The summed E-state index contributed by atoms with van der Waals surface area (Å²) in [6.07, 6.45) is 2.22. The van der Waals surface area contributed by atoms with E-state index < -0.39 is 0 Å². The highest BCUT2D eigenvalue weighted by molar-refractivity contribution is 5.58. The van der Waals surface area contributed by atoms with E-state index in [9.17, 15) is 5.11 Å². The molecule has 0 amide bonds. The number of aryl methyl sites for hydroxylation is 1. The van der Waals surface area contributed by atoms with Gasteiger partial charge in [-0.05, 0) is 44.9 Å². The highest BCUT2D eigenvalue weighted by atomic mass is 16.3. The van der Waals surface area contributed by atoms with Crippen molar-refractivity contribution in [1.82, 2.24) is 0 Å². The molecule has 0 aromatic heterocycles. The first-order valence-electron chi connectivity index (χ1n) is 5.52. The van der Waals surface area contributed by atoms with Crippen LogP contribution < -0.4 is 5.32 Å². The smallest absolute Gasteiger partial charge is 0.138 e. The van der Waals surface area contributed by atoms with E-state index in [1.165, 1.54) is 0 Å². The summed E-state index contributed by atoms with van der Waals surface area (Å²) in [6, 6.07) is 5.72. The average molecular weight is 207 g/mol. The van der Waals surface area contributed by atoms with Crippen LogP contribution in [0.1, 0.15) is 39.2 Å².